The SMILES string of the molecule is CCC(C)N1C(=O)CC(NCc2ccc(C)cc2)C1=O. The van der Waals surface area contributed by atoms with E-state index in [4.69, 9.17) is 0 Å². The minimum atomic E-state index is -0.377. The van der Waals surface area contributed by atoms with Crippen LogP contribution in [0.5, 0.6) is 0 Å². The Morgan fingerprint density at radius 1 is 1.30 bits per heavy atom. The normalized spacial score (nSPS) is 20.6. The highest BCUT2D eigenvalue weighted by Crippen LogP contribution is 2.18. The van der Waals surface area contributed by atoms with E-state index in [0.717, 1.165) is 12.0 Å². The summed E-state index contributed by atoms with van der Waals surface area (Å²) < 4.78 is 0. The van der Waals surface area contributed by atoms with Crippen molar-refractivity contribution in [2.45, 2.75) is 52.2 Å². The van der Waals surface area contributed by atoms with Gasteiger partial charge in [-0.1, -0.05) is 36.8 Å². The van der Waals surface area contributed by atoms with E-state index < -0.39 is 0 Å². The molecule has 20 heavy (non-hydrogen) atoms. The summed E-state index contributed by atoms with van der Waals surface area (Å²) in [5.74, 6) is -0.151. The number of likely N-dealkylation sites (tertiary alicyclic amines) is 1. The molecule has 108 valence electrons. The fraction of sp³-hybridized carbons (Fsp3) is 0.500. The first-order valence-corrected chi connectivity index (χ1v) is 7.17. The van der Waals surface area contributed by atoms with Gasteiger partial charge in [-0.2, -0.15) is 0 Å². The highest BCUT2D eigenvalue weighted by atomic mass is 16.2. The lowest BCUT2D eigenvalue weighted by Crippen LogP contribution is -2.42. The molecule has 1 aromatic rings. The van der Waals surface area contributed by atoms with Gasteiger partial charge in [-0.15, -0.1) is 0 Å². The maximum absolute atomic E-state index is 12.2. The van der Waals surface area contributed by atoms with E-state index in [2.05, 4.69) is 5.32 Å². The summed E-state index contributed by atoms with van der Waals surface area (Å²) in [6, 6.07) is 7.78. The first-order chi connectivity index (χ1) is 9.52. The standard InChI is InChI=1S/C16H22N2O2/c1-4-12(3)18-15(19)9-14(16(18)20)17-10-13-7-5-11(2)6-8-13/h5-8,12,14,17H,4,9-10H2,1-3H3. The summed E-state index contributed by atoms with van der Waals surface area (Å²) in [4.78, 5) is 25.6. The Morgan fingerprint density at radius 3 is 2.55 bits per heavy atom. The van der Waals surface area contributed by atoms with Crippen molar-refractivity contribution in [2.75, 3.05) is 0 Å². The van der Waals surface area contributed by atoms with Crippen LogP contribution in [-0.4, -0.2) is 28.8 Å². The highest BCUT2D eigenvalue weighted by Gasteiger charge is 2.40. The molecule has 0 radical (unpaired) electrons. The molecule has 1 aliphatic rings. The van der Waals surface area contributed by atoms with E-state index in [1.807, 2.05) is 45.0 Å². The van der Waals surface area contributed by atoms with Crippen molar-refractivity contribution in [2.24, 2.45) is 0 Å². The quantitative estimate of drug-likeness (QED) is 0.836. The van der Waals surface area contributed by atoms with Crippen LogP contribution in [0.2, 0.25) is 0 Å². The molecule has 2 atom stereocenters. The minimum absolute atomic E-state index is 0.0128. The number of imide groups is 1. The average Bonchev–Trinajstić information content (AvgIpc) is 2.72. The van der Waals surface area contributed by atoms with E-state index in [0.29, 0.717) is 6.54 Å². The lowest BCUT2D eigenvalue weighted by molar-refractivity contribution is -0.141. The number of hydrogen-bond donors (Lipinski definition) is 1. The molecule has 1 aliphatic heterocycles. The Bertz CT molecular complexity index is 496. The van der Waals surface area contributed by atoms with Crippen LogP contribution in [0.15, 0.2) is 24.3 Å². The predicted molar refractivity (Wildman–Crippen MR) is 78.0 cm³/mol. The molecule has 2 unspecified atom stereocenters. The summed E-state index contributed by atoms with van der Waals surface area (Å²) in [6.45, 7) is 6.55. The molecule has 1 N–H and O–H groups in total. The fourth-order valence-corrected chi connectivity index (χ4v) is 2.40. The number of benzene rings is 1. The maximum Gasteiger partial charge on any atom is 0.247 e. The van der Waals surface area contributed by atoms with Crippen molar-refractivity contribution in [3.63, 3.8) is 0 Å². The Labute approximate surface area is 120 Å². The monoisotopic (exact) mass is 274 g/mol. The average molecular weight is 274 g/mol. The van der Waals surface area contributed by atoms with E-state index in [1.165, 1.54) is 10.5 Å². The molecule has 0 spiro atoms. The van der Waals surface area contributed by atoms with Gasteiger partial charge in [0, 0.05) is 12.6 Å². The molecular formula is C16H22N2O2. The van der Waals surface area contributed by atoms with Crippen LogP contribution in [0.1, 0.15) is 37.8 Å². The van der Waals surface area contributed by atoms with Gasteiger partial charge in [-0.25, -0.2) is 0 Å². The van der Waals surface area contributed by atoms with Crippen molar-refractivity contribution in [3.8, 4) is 0 Å². The number of aryl methyl sites for hydroxylation is 1. The zero-order valence-electron chi connectivity index (χ0n) is 12.3. The molecule has 2 amide bonds. The second-order valence-electron chi connectivity index (χ2n) is 5.48. The zero-order valence-corrected chi connectivity index (χ0v) is 12.3. The second-order valence-corrected chi connectivity index (χ2v) is 5.48. The van der Waals surface area contributed by atoms with Crippen molar-refractivity contribution >= 4 is 11.8 Å². The summed E-state index contributed by atoms with van der Waals surface area (Å²) in [5, 5.41) is 3.19. The third-order valence-corrected chi connectivity index (χ3v) is 3.89. The van der Waals surface area contributed by atoms with Gasteiger partial charge in [0.25, 0.3) is 0 Å². The van der Waals surface area contributed by atoms with Crippen LogP contribution in [0.4, 0.5) is 0 Å². The number of carbonyl (C=O) groups is 2. The molecule has 0 aromatic heterocycles. The van der Waals surface area contributed by atoms with Gasteiger partial charge in [0.2, 0.25) is 11.8 Å². The number of hydrogen-bond acceptors (Lipinski definition) is 3. The molecule has 0 saturated carbocycles. The molecule has 1 aromatic carbocycles. The van der Waals surface area contributed by atoms with Crippen LogP contribution in [-0.2, 0) is 16.1 Å². The number of rotatable bonds is 5. The lowest BCUT2D eigenvalue weighted by Gasteiger charge is -2.21. The van der Waals surface area contributed by atoms with Gasteiger partial charge in [-0.3, -0.25) is 14.5 Å². The molecular weight excluding hydrogens is 252 g/mol. The molecule has 1 fully saturated rings. The van der Waals surface area contributed by atoms with Crippen LogP contribution < -0.4 is 5.32 Å². The largest absolute Gasteiger partial charge is 0.301 e. The zero-order chi connectivity index (χ0) is 14.7. The second kappa shape index (κ2) is 6.18. The maximum atomic E-state index is 12.2. The smallest absolute Gasteiger partial charge is 0.247 e. The lowest BCUT2D eigenvalue weighted by atomic mass is 10.1. The molecule has 0 aliphatic carbocycles. The predicted octanol–water partition coefficient (Wildman–Crippen LogP) is 2.01. The Kier molecular flexibility index (Phi) is 4.55. The number of nitrogens with zero attached hydrogens (tertiary/aromatic N) is 1. The molecule has 2 rings (SSSR count). The van der Waals surface area contributed by atoms with Gasteiger partial charge in [0.15, 0.2) is 0 Å². The summed E-state index contributed by atoms with van der Waals surface area (Å²) in [7, 11) is 0. The summed E-state index contributed by atoms with van der Waals surface area (Å²) in [5.41, 5.74) is 2.33. The minimum Gasteiger partial charge on any atom is -0.301 e. The molecule has 1 heterocycles. The Hall–Kier alpha value is -1.68. The third kappa shape index (κ3) is 3.07. The van der Waals surface area contributed by atoms with Gasteiger partial charge in [0.05, 0.1) is 12.5 Å². The fourth-order valence-electron chi connectivity index (χ4n) is 2.40. The first-order valence-electron chi connectivity index (χ1n) is 7.17. The van der Waals surface area contributed by atoms with Crippen LogP contribution in [0.3, 0.4) is 0 Å². The number of amides is 2. The van der Waals surface area contributed by atoms with Crippen LogP contribution >= 0.6 is 0 Å². The Balaban J connectivity index is 1.96. The molecule has 0 bridgehead atoms. The molecule has 1 saturated heterocycles. The van der Waals surface area contributed by atoms with Gasteiger partial charge < -0.3 is 5.32 Å². The summed E-state index contributed by atoms with van der Waals surface area (Å²) >= 11 is 0. The topological polar surface area (TPSA) is 49.4 Å². The highest BCUT2D eigenvalue weighted by molar-refractivity contribution is 6.05. The van der Waals surface area contributed by atoms with Crippen LogP contribution in [0.25, 0.3) is 0 Å². The molecule has 4 nitrogen and oxygen atoms in total. The van der Waals surface area contributed by atoms with Gasteiger partial charge in [0.1, 0.15) is 0 Å². The van der Waals surface area contributed by atoms with E-state index >= 15 is 0 Å². The van der Waals surface area contributed by atoms with Crippen molar-refractivity contribution in [3.05, 3.63) is 35.4 Å². The number of carbonyl (C=O) groups excluding carboxylic acids is 2. The third-order valence-electron chi connectivity index (χ3n) is 3.89. The Morgan fingerprint density at radius 2 is 1.95 bits per heavy atom. The van der Waals surface area contributed by atoms with Crippen molar-refractivity contribution < 1.29 is 9.59 Å². The number of nitrogens with one attached hydrogen (secondary N) is 1. The summed E-state index contributed by atoms with van der Waals surface area (Å²) in [6.07, 6.45) is 1.07. The van der Waals surface area contributed by atoms with Crippen LogP contribution in [0, 0.1) is 6.92 Å². The van der Waals surface area contributed by atoms with Crippen molar-refractivity contribution in [1.29, 1.82) is 0 Å². The van der Waals surface area contributed by atoms with Gasteiger partial charge >= 0.3 is 0 Å². The first kappa shape index (κ1) is 14.7. The molecule has 4 heteroatoms. The van der Waals surface area contributed by atoms with E-state index in [9.17, 15) is 9.59 Å². The van der Waals surface area contributed by atoms with E-state index in [-0.39, 0.29) is 30.3 Å². The van der Waals surface area contributed by atoms with Crippen molar-refractivity contribution in [1.82, 2.24) is 10.2 Å². The van der Waals surface area contributed by atoms with E-state index in [1.54, 1.807) is 0 Å². The van der Waals surface area contributed by atoms with Gasteiger partial charge in [-0.05, 0) is 25.8 Å².